The lowest BCUT2D eigenvalue weighted by Gasteiger charge is -2.49. The van der Waals surface area contributed by atoms with E-state index >= 15 is 0 Å². The van der Waals surface area contributed by atoms with Crippen molar-refractivity contribution < 1.29 is 14.3 Å². The van der Waals surface area contributed by atoms with Crippen LogP contribution in [-0.4, -0.2) is 66.7 Å². The van der Waals surface area contributed by atoms with E-state index in [0.717, 1.165) is 79.4 Å². The molecule has 5 aliphatic rings. The van der Waals surface area contributed by atoms with Gasteiger partial charge < -0.3 is 9.64 Å². The molecule has 168 valence electrons. The molecule has 2 bridgehead atoms. The fourth-order valence-electron chi connectivity index (χ4n) is 5.89. The van der Waals surface area contributed by atoms with Gasteiger partial charge in [-0.15, -0.1) is 11.3 Å². The number of ether oxygens (including phenoxy) is 1. The summed E-state index contributed by atoms with van der Waals surface area (Å²) in [6, 6.07) is 12.0. The molecule has 1 atom stereocenters. The SMILES string of the molecule is O=C(c1cccc(-c2ccc(N3CC4(CN5CCC4CC5)OC3=O)s2)c1)N1CCCCC1. The number of fused-ring (bicyclic) bond motifs is 2. The molecule has 6 nitrogen and oxygen atoms in total. The van der Waals surface area contributed by atoms with Crippen molar-refractivity contribution in [2.24, 2.45) is 5.92 Å². The molecule has 5 saturated heterocycles. The number of piperidine rings is 4. The third kappa shape index (κ3) is 3.42. The molecule has 1 unspecified atom stereocenters. The number of rotatable bonds is 3. The maximum atomic E-state index is 12.9. The van der Waals surface area contributed by atoms with Crippen LogP contribution in [0.25, 0.3) is 10.4 Å². The summed E-state index contributed by atoms with van der Waals surface area (Å²) in [5, 5.41) is 0.922. The molecule has 1 aromatic heterocycles. The zero-order valence-corrected chi connectivity index (χ0v) is 19.1. The van der Waals surface area contributed by atoms with Crippen LogP contribution < -0.4 is 4.90 Å². The number of carbonyl (C=O) groups is 2. The highest BCUT2D eigenvalue weighted by Gasteiger charge is 2.55. The number of thiophene rings is 1. The summed E-state index contributed by atoms with van der Waals surface area (Å²) in [6.07, 6.45) is 5.41. The Labute approximate surface area is 192 Å². The van der Waals surface area contributed by atoms with E-state index in [1.807, 2.05) is 40.1 Å². The van der Waals surface area contributed by atoms with E-state index in [0.29, 0.717) is 12.5 Å². The number of hydrogen-bond acceptors (Lipinski definition) is 5. The number of hydrogen-bond donors (Lipinski definition) is 0. The third-order valence-corrected chi connectivity index (χ3v) is 8.81. The average molecular weight is 452 g/mol. The number of carbonyl (C=O) groups excluding carboxylic acids is 2. The van der Waals surface area contributed by atoms with Crippen LogP contribution in [0.1, 0.15) is 42.5 Å². The predicted molar refractivity (Wildman–Crippen MR) is 125 cm³/mol. The van der Waals surface area contributed by atoms with Crippen molar-refractivity contribution in [1.82, 2.24) is 9.80 Å². The van der Waals surface area contributed by atoms with Gasteiger partial charge in [0.15, 0.2) is 0 Å². The van der Waals surface area contributed by atoms with E-state index in [4.69, 9.17) is 4.74 Å². The van der Waals surface area contributed by atoms with Gasteiger partial charge in [-0.2, -0.15) is 0 Å². The van der Waals surface area contributed by atoms with Crippen molar-refractivity contribution in [1.29, 1.82) is 0 Å². The summed E-state index contributed by atoms with van der Waals surface area (Å²) >= 11 is 1.60. The highest BCUT2D eigenvalue weighted by atomic mass is 32.1. The maximum Gasteiger partial charge on any atom is 0.415 e. The number of nitrogens with zero attached hydrogens (tertiary/aromatic N) is 3. The zero-order valence-electron chi connectivity index (χ0n) is 18.3. The minimum Gasteiger partial charge on any atom is -0.439 e. The van der Waals surface area contributed by atoms with Crippen LogP contribution in [0.15, 0.2) is 36.4 Å². The van der Waals surface area contributed by atoms with Gasteiger partial charge in [0.1, 0.15) is 10.6 Å². The highest BCUT2D eigenvalue weighted by molar-refractivity contribution is 7.19. The molecule has 2 amide bonds. The minimum atomic E-state index is -0.349. The second-order valence-electron chi connectivity index (χ2n) is 9.64. The maximum absolute atomic E-state index is 12.9. The van der Waals surface area contributed by atoms with E-state index < -0.39 is 0 Å². The Hall–Kier alpha value is -2.38. The van der Waals surface area contributed by atoms with Crippen molar-refractivity contribution >= 4 is 28.3 Å². The first kappa shape index (κ1) is 20.2. The quantitative estimate of drug-likeness (QED) is 0.691. The van der Waals surface area contributed by atoms with Gasteiger partial charge in [-0.25, -0.2) is 4.79 Å². The molecular weight excluding hydrogens is 422 g/mol. The number of amides is 2. The smallest absolute Gasteiger partial charge is 0.415 e. The minimum absolute atomic E-state index is 0.121. The summed E-state index contributed by atoms with van der Waals surface area (Å²) in [7, 11) is 0. The van der Waals surface area contributed by atoms with Crippen LogP contribution in [0.4, 0.5) is 9.80 Å². The van der Waals surface area contributed by atoms with Crippen LogP contribution in [0.5, 0.6) is 0 Å². The van der Waals surface area contributed by atoms with Crippen LogP contribution in [0, 0.1) is 5.92 Å². The summed E-state index contributed by atoms with van der Waals surface area (Å²) in [5.74, 6) is 0.592. The Kier molecular flexibility index (Phi) is 4.99. The lowest BCUT2D eigenvalue weighted by molar-refractivity contribution is -0.0881. The van der Waals surface area contributed by atoms with Crippen LogP contribution >= 0.6 is 11.3 Å². The lowest BCUT2D eigenvalue weighted by Crippen LogP contribution is -2.61. The Balaban J connectivity index is 1.22. The van der Waals surface area contributed by atoms with Crippen molar-refractivity contribution in [3.05, 3.63) is 42.0 Å². The van der Waals surface area contributed by atoms with Gasteiger partial charge in [0.2, 0.25) is 0 Å². The molecule has 1 spiro atoms. The molecule has 0 saturated carbocycles. The second-order valence-corrected chi connectivity index (χ2v) is 10.7. The Bertz CT molecular complexity index is 1040. The second kappa shape index (κ2) is 7.89. The van der Waals surface area contributed by atoms with E-state index in [9.17, 15) is 9.59 Å². The first-order valence-corrected chi connectivity index (χ1v) is 12.7. The standard InChI is InChI=1S/C25H29N3O3S/c29-23(27-11-2-1-3-12-27)19-6-4-5-18(15-19)21-7-8-22(32-21)28-17-25(31-24(28)30)16-26-13-9-20(25)10-14-26/h4-8,15,20H,1-3,9-14,16-17H2. The van der Waals surface area contributed by atoms with Gasteiger partial charge in [0.25, 0.3) is 5.91 Å². The zero-order chi connectivity index (χ0) is 21.7. The predicted octanol–water partition coefficient (Wildman–Crippen LogP) is 4.46. The fraction of sp³-hybridized carbons (Fsp3) is 0.520. The van der Waals surface area contributed by atoms with Gasteiger partial charge in [0.05, 0.1) is 6.54 Å². The van der Waals surface area contributed by atoms with E-state index in [1.165, 1.54) is 6.42 Å². The van der Waals surface area contributed by atoms with Crippen molar-refractivity contribution in [3.63, 3.8) is 0 Å². The van der Waals surface area contributed by atoms with Gasteiger partial charge in [-0.3, -0.25) is 14.6 Å². The lowest BCUT2D eigenvalue weighted by atomic mass is 9.75. The number of benzene rings is 1. The van der Waals surface area contributed by atoms with Crippen molar-refractivity contribution in [3.8, 4) is 10.4 Å². The van der Waals surface area contributed by atoms with E-state index in [1.54, 1.807) is 11.3 Å². The molecule has 2 aromatic rings. The molecule has 7 heteroatoms. The first-order valence-electron chi connectivity index (χ1n) is 11.8. The molecule has 32 heavy (non-hydrogen) atoms. The monoisotopic (exact) mass is 451 g/mol. The van der Waals surface area contributed by atoms with Crippen molar-refractivity contribution in [2.75, 3.05) is 44.2 Å². The summed E-state index contributed by atoms with van der Waals surface area (Å²) in [6.45, 7) is 5.45. The molecular formula is C25H29N3O3S. The summed E-state index contributed by atoms with van der Waals surface area (Å²) in [5.41, 5.74) is 1.42. The van der Waals surface area contributed by atoms with Crippen LogP contribution in [-0.2, 0) is 4.74 Å². The number of anilines is 1. The Morgan fingerprint density at radius 2 is 1.81 bits per heavy atom. The molecule has 0 N–H and O–H groups in total. The molecule has 1 aromatic carbocycles. The van der Waals surface area contributed by atoms with E-state index in [-0.39, 0.29) is 17.6 Å². The topological polar surface area (TPSA) is 53.1 Å². The van der Waals surface area contributed by atoms with Gasteiger partial charge in [0, 0.05) is 36.0 Å². The summed E-state index contributed by atoms with van der Waals surface area (Å²) in [4.78, 5) is 33.0. The molecule has 5 fully saturated rings. The molecule has 6 heterocycles. The normalized spacial score (nSPS) is 29.6. The fourth-order valence-corrected chi connectivity index (χ4v) is 6.89. The van der Waals surface area contributed by atoms with Gasteiger partial charge in [-0.05, 0) is 75.0 Å². The molecule has 7 rings (SSSR count). The molecule has 0 radical (unpaired) electrons. The first-order chi connectivity index (χ1) is 15.6. The number of likely N-dealkylation sites (tertiary alicyclic amines) is 1. The largest absolute Gasteiger partial charge is 0.439 e. The van der Waals surface area contributed by atoms with Gasteiger partial charge in [-0.1, -0.05) is 12.1 Å². The Morgan fingerprint density at radius 3 is 2.56 bits per heavy atom. The van der Waals surface area contributed by atoms with Gasteiger partial charge >= 0.3 is 6.09 Å². The summed E-state index contributed by atoms with van der Waals surface area (Å²) < 4.78 is 6.03. The van der Waals surface area contributed by atoms with Crippen molar-refractivity contribution in [2.45, 2.75) is 37.7 Å². The average Bonchev–Trinajstić information content (AvgIpc) is 3.45. The van der Waals surface area contributed by atoms with Crippen LogP contribution in [0.3, 0.4) is 0 Å². The third-order valence-electron chi connectivity index (χ3n) is 7.65. The van der Waals surface area contributed by atoms with E-state index in [2.05, 4.69) is 11.0 Å². The van der Waals surface area contributed by atoms with Crippen LogP contribution in [0.2, 0.25) is 0 Å². The Morgan fingerprint density at radius 1 is 1.00 bits per heavy atom. The highest BCUT2D eigenvalue weighted by Crippen LogP contribution is 2.45. The molecule has 5 aliphatic heterocycles. The molecule has 0 aliphatic carbocycles.